The first-order valence-electron chi connectivity index (χ1n) is 8.63. The standard InChI is InChI=1S/C20H16ClF3N2O4S/c1-3-9-26(16-6-4-5-15(11-16)20(22,23)24)31(28,29)18-10-14(7-8-17(18)21)19(27)30-13(2)12-25/h3-8,10-11,13H,1,9H2,2H3. The number of esters is 1. The fraction of sp³-hybridized carbons (Fsp3) is 0.200. The van der Waals surface area contributed by atoms with Gasteiger partial charge in [-0.2, -0.15) is 18.4 Å². The first-order valence-corrected chi connectivity index (χ1v) is 10.4. The summed E-state index contributed by atoms with van der Waals surface area (Å²) in [5, 5.41) is 8.50. The SMILES string of the molecule is C=CCN(c1cccc(C(F)(F)F)c1)S(=O)(=O)c1cc(C(=O)OC(C)C#N)ccc1Cl. The predicted octanol–water partition coefficient (Wildman–Crippen LogP) is 4.81. The minimum absolute atomic E-state index is 0.201. The van der Waals surface area contributed by atoms with Crippen molar-refractivity contribution in [1.29, 1.82) is 5.26 Å². The largest absolute Gasteiger partial charge is 0.444 e. The van der Waals surface area contributed by atoms with E-state index in [1.54, 1.807) is 6.07 Å². The van der Waals surface area contributed by atoms with Gasteiger partial charge >= 0.3 is 12.1 Å². The van der Waals surface area contributed by atoms with Gasteiger partial charge in [0, 0.05) is 0 Å². The monoisotopic (exact) mass is 472 g/mol. The molecule has 1 unspecified atom stereocenters. The quantitative estimate of drug-likeness (QED) is 0.426. The summed E-state index contributed by atoms with van der Waals surface area (Å²) in [6.45, 7) is 4.41. The summed E-state index contributed by atoms with van der Waals surface area (Å²) >= 11 is 6.04. The lowest BCUT2D eigenvalue weighted by molar-refractivity contribution is -0.137. The van der Waals surface area contributed by atoms with Crippen LogP contribution in [0.2, 0.25) is 5.02 Å². The van der Waals surface area contributed by atoms with Crippen molar-refractivity contribution in [3.05, 3.63) is 71.3 Å². The highest BCUT2D eigenvalue weighted by atomic mass is 35.5. The average molecular weight is 473 g/mol. The Balaban J connectivity index is 2.57. The number of carbonyl (C=O) groups is 1. The number of nitrogens with zero attached hydrogens (tertiary/aromatic N) is 2. The molecule has 0 bridgehead atoms. The Morgan fingerprint density at radius 3 is 2.58 bits per heavy atom. The lowest BCUT2D eigenvalue weighted by Gasteiger charge is -2.24. The second-order valence-corrected chi connectivity index (χ2v) is 8.43. The van der Waals surface area contributed by atoms with Crippen LogP contribution in [0, 0.1) is 11.3 Å². The number of sulfonamides is 1. The Hall–Kier alpha value is -3.03. The molecule has 164 valence electrons. The zero-order valence-electron chi connectivity index (χ0n) is 16.1. The van der Waals surface area contributed by atoms with Gasteiger partial charge in [0.05, 0.1) is 28.4 Å². The molecule has 0 aliphatic heterocycles. The third-order valence-corrected chi connectivity index (χ3v) is 6.23. The number of carbonyl (C=O) groups excluding carboxylic acids is 1. The first-order chi connectivity index (χ1) is 14.4. The summed E-state index contributed by atoms with van der Waals surface area (Å²) in [4.78, 5) is 11.6. The Bertz CT molecular complexity index is 1140. The molecule has 11 heteroatoms. The third kappa shape index (κ3) is 5.57. The molecule has 0 N–H and O–H groups in total. The van der Waals surface area contributed by atoms with Gasteiger partial charge in [-0.25, -0.2) is 13.2 Å². The van der Waals surface area contributed by atoms with Crippen LogP contribution in [-0.4, -0.2) is 27.0 Å². The molecule has 0 aliphatic carbocycles. The second-order valence-electron chi connectivity index (χ2n) is 6.19. The van der Waals surface area contributed by atoms with E-state index in [9.17, 15) is 26.4 Å². The van der Waals surface area contributed by atoms with Crippen molar-refractivity contribution < 1.29 is 31.1 Å². The summed E-state index contributed by atoms with van der Waals surface area (Å²) in [6.07, 6.45) is -4.57. The van der Waals surface area contributed by atoms with Gasteiger partial charge in [-0.3, -0.25) is 4.31 Å². The highest BCUT2D eigenvalue weighted by molar-refractivity contribution is 7.93. The van der Waals surface area contributed by atoms with Crippen LogP contribution < -0.4 is 4.31 Å². The number of ether oxygens (including phenoxy) is 1. The van der Waals surface area contributed by atoms with Crippen molar-refractivity contribution in [3.8, 4) is 6.07 Å². The van der Waals surface area contributed by atoms with Crippen molar-refractivity contribution in [2.75, 3.05) is 10.8 Å². The van der Waals surface area contributed by atoms with Crippen molar-refractivity contribution in [3.63, 3.8) is 0 Å². The maximum atomic E-state index is 13.3. The normalized spacial score (nSPS) is 12.5. The number of rotatable bonds is 7. The summed E-state index contributed by atoms with van der Waals surface area (Å²) in [6, 6.07) is 8.73. The van der Waals surface area contributed by atoms with E-state index in [4.69, 9.17) is 21.6 Å². The number of halogens is 4. The molecule has 2 rings (SSSR count). The van der Waals surface area contributed by atoms with E-state index in [0.717, 1.165) is 24.3 Å². The van der Waals surface area contributed by atoms with Crippen LogP contribution in [0.25, 0.3) is 0 Å². The topological polar surface area (TPSA) is 87.5 Å². The molecule has 0 aliphatic rings. The number of anilines is 1. The fourth-order valence-electron chi connectivity index (χ4n) is 2.50. The molecule has 0 saturated carbocycles. The van der Waals surface area contributed by atoms with Crippen LogP contribution in [-0.2, 0) is 20.9 Å². The molecule has 0 amide bonds. The molecule has 6 nitrogen and oxygen atoms in total. The average Bonchev–Trinajstić information content (AvgIpc) is 2.71. The van der Waals surface area contributed by atoms with Crippen LogP contribution in [0.5, 0.6) is 0 Å². The zero-order chi connectivity index (χ0) is 23.4. The van der Waals surface area contributed by atoms with Crippen LogP contribution in [0.15, 0.2) is 60.0 Å². The number of benzene rings is 2. The number of nitriles is 1. The fourth-order valence-corrected chi connectivity index (χ4v) is 4.43. The molecule has 0 fully saturated rings. The van der Waals surface area contributed by atoms with Gasteiger partial charge in [0.2, 0.25) is 0 Å². The zero-order valence-corrected chi connectivity index (χ0v) is 17.6. The summed E-state index contributed by atoms with van der Waals surface area (Å²) in [7, 11) is -4.51. The summed E-state index contributed by atoms with van der Waals surface area (Å²) < 4.78 is 71.3. The van der Waals surface area contributed by atoms with Crippen molar-refractivity contribution in [2.24, 2.45) is 0 Å². The van der Waals surface area contributed by atoms with Gasteiger partial charge in [0.1, 0.15) is 11.0 Å². The van der Waals surface area contributed by atoms with Gasteiger partial charge in [-0.15, -0.1) is 6.58 Å². The van der Waals surface area contributed by atoms with Gasteiger partial charge < -0.3 is 4.74 Å². The molecule has 31 heavy (non-hydrogen) atoms. The van der Waals surface area contributed by atoms with Crippen LogP contribution in [0.3, 0.4) is 0 Å². The minimum atomic E-state index is -4.68. The van der Waals surface area contributed by atoms with Crippen molar-refractivity contribution >= 4 is 33.3 Å². The highest BCUT2D eigenvalue weighted by Crippen LogP contribution is 2.34. The molecule has 0 radical (unpaired) electrons. The summed E-state index contributed by atoms with van der Waals surface area (Å²) in [5.41, 5.74) is -1.51. The van der Waals surface area contributed by atoms with E-state index in [1.807, 2.05) is 0 Å². The van der Waals surface area contributed by atoms with Crippen molar-refractivity contribution in [2.45, 2.75) is 24.1 Å². The lowest BCUT2D eigenvalue weighted by Crippen LogP contribution is -2.32. The smallest absolute Gasteiger partial charge is 0.416 e. The van der Waals surface area contributed by atoms with E-state index in [2.05, 4.69) is 6.58 Å². The van der Waals surface area contributed by atoms with E-state index in [0.29, 0.717) is 10.4 Å². The van der Waals surface area contributed by atoms with Crippen LogP contribution >= 0.6 is 11.6 Å². The molecular formula is C20H16ClF3N2O4S. The van der Waals surface area contributed by atoms with Crippen LogP contribution in [0.1, 0.15) is 22.8 Å². The van der Waals surface area contributed by atoms with E-state index < -0.39 is 38.7 Å². The summed E-state index contributed by atoms with van der Waals surface area (Å²) in [5.74, 6) is -0.962. The Kier molecular flexibility index (Phi) is 7.36. The Morgan fingerprint density at radius 2 is 2.00 bits per heavy atom. The first kappa shape index (κ1) is 24.2. The molecule has 0 aromatic heterocycles. The predicted molar refractivity (Wildman–Crippen MR) is 108 cm³/mol. The molecule has 0 spiro atoms. The third-order valence-electron chi connectivity index (χ3n) is 3.96. The Labute approximate surface area is 182 Å². The van der Waals surface area contributed by atoms with Crippen molar-refractivity contribution in [1.82, 2.24) is 0 Å². The maximum Gasteiger partial charge on any atom is 0.416 e. The second kappa shape index (κ2) is 9.41. The number of hydrogen-bond acceptors (Lipinski definition) is 5. The molecular weight excluding hydrogens is 457 g/mol. The maximum absolute atomic E-state index is 13.3. The number of alkyl halides is 3. The van der Waals surface area contributed by atoms with Gasteiger partial charge in [-0.1, -0.05) is 23.7 Å². The highest BCUT2D eigenvalue weighted by Gasteiger charge is 2.33. The Morgan fingerprint density at radius 1 is 1.32 bits per heavy atom. The van der Waals surface area contributed by atoms with Gasteiger partial charge in [0.15, 0.2) is 6.10 Å². The number of hydrogen-bond donors (Lipinski definition) is 0. The molecule has 1 atom stereocenters. The molecule has 0 saturated heterocycles. The lowest BCUT2D eigenvalue weighted by atomic mass is 10.2. The molecule has 2 aromatic carbocycles. The van der Waals surface area contributed by atoms with Crippen LogP contribution in [0.4, 0.5) is 18.9 Å². The van der Waals surface area contributed by atoms with E-state index in [1.165, 1.54) is 25.1 Å². The van der Waals surface area contributed by atoms with Gasteiger partial charge in [0.25, 0.3) is 10.0 Å². The molecule has 2 aromatic rings. The van der Waals surface area contributed by atoms with E-state index in [-0.39, 0.29) is 22.8 Å². The minimum Gasteiger partial charge on any atom is -0.444 e. The molecule has 0 heterocycles. The van der Waals surface area contributed by atoms with E-state index >= 15 is 0 Å². The van der Waals surface area contributed by atoms with Gasteiger partial charge in [-0.05, 0) is 43.3 Å².